The molecular formula is C14H20N2O3. The van der Waals surface area contributed by atoms with Gasteiger partial charge < -0.3 is 5.11 Å². The molecule has 1 aromatic heterocycles. The highest BCUT2D eigenvalue weighted by molar-refractivity contribution is 5.95. The van der Waals surface area contributed by atoms with Gasteiger partial charge >= 0.3 is 5.97 Å². The van der Waals surface area contributed by atoms with Crippen LogP contribution in [0.3, 0.4) is 0 Å². The molecule has 104 valence electrons. The average Bonchev–Trinajstić information content (AvgIpc) is 2.44. The topological polar surface area (TPSA) is 70.5 Å². The van der Waals surface area contributed by atoms with Crippen molar-refractivity contribution in [2.24, 2.45) is 5.41 Å². The number of anilines is 1. The molecule has 19 heavy (non-hydrogen) atoms. The minimum Gasteiger partial charge on any atom is -0.481 e. The SMILES string of the molecule is CCC(CC)(CC(=O)N(C)c1ccccn1)C(=O)O. The first-order valence-electron chi connectivity index (χ1n) is 6.38. The van der Waals surface area contributed by atoms with Gasteiger partial charge in [-0.25, -0.2) is 4.98 Å². The summed E-state index contributed by atoms with van der Waals surface area (Å²) in [5.41, 5.74) is -0.986. The lowest BCUT2D eigenvalue weighted by Crippen LogP contribution is -2.38. The van der Waals surface area contributed by atoms with Crippen LogP contribution < -0.4 is 4.90 Å². The number of carboxylic acids is 1. The third-order valence-electron chi connectivity index (χ3n) is 3.66. The van der Waals surface area contributed by atoms with E-state index in [9.17, 15) is 14.7 Å². The molecule has 0 aliphatic rings. The molecule has 0 aliphatic heterocycles. The van der Waals surface area contributed by atoms with E-state index in [4.69, 9.17) is 0 Å². The Hall–Kier alpha value is -1.91. The van der Waals surface area contributed by atoms with Gasteiger partial charge in [-0.15, -0.1) is 0 Å². The zero-order chi connectivity index (χ0) is 14.5. The lowest BCUT2D eigenvalue weighted by Gasteiger charge is -2.28. The number of aliphatic carboxylic acids is 1. The van der Waals surface area contributed by atoms with Crippen molar-refractivity contribution in [2.75, 3.05) is 11.9 Å². The summed E-state index contributed by atoms with van der Waals surface area (Å²) in [4.78, 5) is 29.1. The fourth-order valence-corrected chi connectivity index (χ4v) is 1.97. The molecule has 1 heterocycles. The molecule has 5 nitrogen and oxygen atoms in total. The van der Waals surface area contributed by atoms with E-state index < -0.39 is 11.4 Å². The molecule has 0 atom stereocenters. The summed E-state index contributed by atoms with van der Waals surface area (Å²) in [5.74, 6) is -0.621. The predicted molar refractivity (Wildman–Crippen MR) is 72.9 cm³/mol. The van der Waals surface area contributed by atoms with Crippen LogP contribution in [0.25, 0.3) is 0 Å². The number of pyridine rings is 1. The van der Waals surface area contributed by atoms with Gasteiger partial charge in [0.1, 0.15) is 5.82 Å². The zero-order valence-corrected chi connectivity index (χ0v) is 11.6. The number of aromatic nitrogens is 1. The summed E-state index contributed by atoms with van der Waals surface area (Å²) < 4.78 is 0. The molecule has 1 N–H and O–H groups in total. The molecule has 5 heteroatoms. The third kappa shape index (κ3) is 3.30. The fraction of sp³-hybridized carbons (Fsp3) is 0.500. The number of carbonyl (C=O) groups is 2. The van der Waals surface area contributed by atoms with Crippen molar-refractivity contribution in [3.05, 3.63) is 24.4 Å². The van der Waals surface area contributed by atoms with E-state index in [0.717, 1.165) is 0 Å². The minimum atomic E-state index is -0.986. The number of hydrogen-bond donors (Lipinski definition) is 1. The highest BCUT2D eigenvalue weighted by Gasteiger charge is 2.38. The Morgan fingerprint density at radius 2 is 1.95 bits per heavy atom. The summed E-state index contributed by atoms with van der Waals surface area (Å²) >= 11 is 0. The number of carbonyl (C=O) groups excluding carboxylic acids is 1. The van der Waals surface area contributed by atoms with E-state index in [2.05, 4.69) is 4.98 Å². The van der Waals surface area contributed by atoms with Crippen molar-refractivity contribution in [3.63, 3.8) is 0 Å². The first-order valence-corrected chi connectivity index (χ1v) is 6.38. The molecule has 1 aromatic rings. The number of nitrogens with zero attached hydrogens (tertiary/aromatic N) is 2. The highest BCUT2D eigenvalue weighted by atomic mass is 16.4. The Balaban J connectivity index is 2.87. The van der Waals surface area contributed by atoms with Crippen molar-refractivity contribution in [2.45, 2.75) is 33.1 Å². The Morgan fingerprint density at radius 1 is 1.32 bits per heavy atom. The summed E-state index contributed by atoms with van der Waals surface area (Å²) in [7, 11) is 1.61. The van der Waals surface area contributed by atoms with Gasteiger partial charge in [0.05, 0.1) is 5.41 Å². The quantitative estimate of drug-likeness (QED) is 0.856. The van der Waals surface area contributed by atoms with Gasteiger partial charge in [0.15, 0.2) is 0 Å². The van der Waals surface area contributed by atoms with Gasteiger partial charge in [-0.2, -0.15) is 0 Å². The van der Waals surface area contributed by atoms with Crippen LogP contribution in [0.1, 0.15) is 33.1 Å². The second kappa shape index (κ2) is 6.31. The van der Waals surface area contributed by atoms with Gasteiger partial charge in [-0.05, 0) is 25.0 Å². The maximum Gasteiger partial charge on any atom is 0.310 e. The normalized spacial score (nSPS) is 11.1. The molecule has 0 saturated heterocycles. The highest BCUT2D eigenvalue weighted by Crippen LogP contribution is 2.32. The summed E-state index contributed by atoms with van der Waals surface area (Å²) in [5, 5.41) is 9.34. The molecule has 0 aromatic carbocycles. The van der Waals surface area contributed by atoms with Crippen molar-refractivity contribution < 1.29 is 14.7 Å². The van der Waals surface area contributed by atoms with Crippen molar-refractivity contribution in [1.29, 1.82) is 0 Å². The maximum atomic E-state index is 12.2. The molecule has 1 amide bonds. The Labute approximate surface area is 113 Å². The van der Waals surface area contributed by atoms with E-state index in [1.54, 1.807) is 45.3 Å². The molecule has 1 rings (SSSR count). The smallest absolute Gasteiger partial charge is 0.310 e. The van der Waals surface area contributed by atoms with Crippen LogP contribution in [0.15, 0.2) is 24.4 Å². The first kappa shape index (κ1) is 15.1. The molecule has 0 unspecified atom stereocenters. The Morgan fingerprint density at radius 3 is 2.37 bits per heavy atom. The molecule has 0 radical (unpaired) electrons. The second-order valence-electron chi connectivity index (χ2n) is 4.61. The second-order valence-corrected chi connectivity index (χ2v) is 4.61. The van der Waals surface area contributed by atoms with Gasteiger partial charge in [-0.3, -0.25) is 14.5 Å². The minimum absolute atomic E-state index is 0.0115. The third-order valence-corrected chi connectivity index (χ3v) is 3.66. The largest absolute Gasteiger partial charge is 0.481 e. The van der Waals surface area contributed by atoms with Crippen LogP contribution in [-0.4, -0.2) is 29.0 Å². The van der Waals surface area contributed by atoms with Gasteiger partial charge in [0, 0.05) is 19.7 Å². The van der Waals surface area contributed by atoms with Gasteiger partial charge in [0.25, 0.3) is 0 Å². The number of amides is 1. The van der Waals surface area contributed by atoms with Crippen LogP contribution in [0.5, 0.6) is 0 Å². The van der Waals surface area contributed by atoms with E-state index in [-0.39, 0.29) is 12.3 Å². The predicted octanol–water partition coefficient (Wildman–Crippen LogP) is 2.33. The summed E-state index contributed by atoms with van der Waals surface area (Å²) in [6.45, 7) is 3.59. The average molecular weight is 264 g/mol. The fourth-order valence-electron chi connectivity index (χ4n) is 1.97. The molecular weight excluding hydrogens is 244 g/mol. The molecule has 0 aliphatic carbocycles. The Bertz CT molecular complexity index is 441. The molecule has 0 saturated carbocycles. The standard InChI is InChI=1S/C14H20N2O3/c1-4-14(5-2,13(18)19)10-12(17)16(3)11-8-6-7-9-15-11/h6-9H,4-5,10H2,1-3H3,(H,18,19). The maximum absolute atomic E-state index is 12.2. The van der Waals surface area contributed by atoms with Crippen molar-refractivity contribution in [1.82, 2.24) is 4.98 Å². The van der Waals surface area contributed by atoms with E-state index in [1.807, 2.05) is 0 Å². The van der Waals surface area contributed by atoms with Crippen LogP contribution >= 0.6 is 0 Å². The summed E-state index contributed by atoms with van der Waals surface area (Å²) in [6, 6.07) is 5.27. The van der Waals surface area contributed by atoms with Crippen molar-refractivity contribution in [3.8, 4) is 0 Å². The van der Waals surface area contributed by atoms with Gasteiger partial charge in [-0.1, -0.05) is 19.9 Å². The van der Waals surface area contributed by atoms with Crippen LogP contribution in [0, 0.1) is 5.41 Å². The van der Waals surface area contributed by atoms with Gasteiger partial charge in [0.2, 0.25) is 5.91 Å². The zero-order valence-electron chi connectivity index (χ0n) is 11.6. The molecule has 0 spiro atoms. The van der Waals surface area contributed by atoms with E-state index >= 15 is 0 Å². The monoisotopic (exact) mass is 264 g/mol. The number of rotatable bonds is 6. The van der Waals surface area contributed by atoms with E-state index in [1.165, 1.54) is 4.90 Å². The van der Waals surface area contributed by atoms with E-state index in [0.29, 0.717) is 18.7 Å². The molecule has 0 fully saturated rings. The summed E-state index contributed by atoms with van der Waals surface area (Å²) in [6.07, 6.45) is 2.45. The number of carboxylic acid groups (broad SMARTS) is 1. The van der Waals surface area contributed by atoms with Crippen LogP contribution in [0.2, 0.25) is 0 Å². The number of hydrogen-bond acceptors (Lipinski definition) is 3. The first-order chi connectivity index (χ1) is 8.96. The van der Waals surface area contributed by atoms with Crippen LogP contribution in [-0.2, 0) is 9.59 Å². The molecule has 0 bridgehead atoms. The van der Waals surface area contributed by atoms with Crippen LogP contribution in [0.4, 0.5) is 5.82 Å². The lowest BCUT2D eigenvalue weighted by molar-refractivity contribution is -0.152. The Kier molecular flexibility index (Phi) is 5.03. The van der Waals surface area contributed by atoms with Crippen molar-refractivity contribution >= 4 is 17.7 Å². The lowest BCUT2D eigenvalue weighted by atomic mass is 9.79.